The van der Waals surface area contributed by atoms with E-state index in [-0.39, 0.29) is 0 Å². The first-order valence-electron chi connectivity index (χ1n) is 9.44. The van der Waals surface area contributed by atoms with Crippen LogP contribution in [0.5, 0.6) is 11.5 Å². The average molecular weight is 365 g/mol. The Labute approximate surface area is 161 Å². The molecule has 27 heavy (non-hydrogen) atoms. The topological polar surface area (TPSA) is 48.3 Å². The van der Waals surface area contributed by atoms with Gasteiger partial charge in [-0.05, 0) is 43.1 Å². The predicted molar refractivity (Wildman–Crippen MR) is 107 cm³/mol. The Hall–Kier alpha value is -2.79. The van der Waals surface area contributed by atoms with Crippen molar-refractivity contribution in [1.82, 2.24) is 14.9 Å². The van der Waals surface area contributed by atoms with Crippen molar-refractivity contribution in [1.29, 1.82) is 0 Å². The molecule has 0 saturated heterocycles. The maximum absolute atomic E-state index is 5.96. The Kier molecular flexibility index (Phi) is 7.30. The van der Waals surface area contributed by atoms with Gasteiger partial charge in [0.1, 0.15) is 6.61 Å². The van der Waals surface area contributed by atoms with E-state index in [1.165, 1.54) is 5.56 Å². The zero-order valence-electron chi connectivity index (χ0n) is 15.8. The monoisotopic (exact) mass is 365 g/mol. The minimum Gasteiger partial charge on any atom is -0.490 e. The second-order valence-corrected chi connectivity index (χ2v) is 6.32. The number of rotatable bonds is 11. The molecular weight excluding hydrogens is 338 g/mol. The number of aryl methyl sites for hydroxylation is 1. The molecule has 1 aromatic heterocycles. The van der Waals surface area contributed by atoms with Crippen LogP contribution in [0.25, 0.3) is 0 Å². The molecule has 142 valence electrons. The highest BCUT2D eigenvalue weighted by atomic mass is 16.5. The first-order chi connectivity index (χ1) is 13.3. The summed E-state index contributed by atoms with van der Waals surface area (Å²) in [6.07, 6.45) is 6.71. The molecule has 0 radical (unpaired) electrons. The smallest absolute Gasteiger partial charge is 0.161 e. The van der Waals surface area contributed by atoms with E-state index in [9.17, 15) is 0 Å². The summed E-state index contributed by atoms with van der Waals surface area (Å²) in [6, 6.07) is 16.3. The summed E-state index contributed by atoms with van der Waals surface area (Å²) in [5, 5.41) is 3.48. The fourth-order valence-electron chi connectivity index (χ4n) is 2.82. The minimum atomic E-state index is 0.534. The number of hydrogen-bond donors (Lipinski definition) is 1. The fourth-order valence-corrected chi connectivity index (χ4v) is 2.82. The van der Waals surface area contributed by atoms with E-state index in [0.717, 1.165) is 43.1 Å². The molecule has 0 spiro atoms. The lowest BCUT2D eigenvalue weighted by Gasteiger charge is -2.14. The molecule has 0 aliphatic rings. The van der Waals surface area contributed by atoms with Gasteiger partial charge in [0.15, 0.2) is 11.5 Å². The van der Waals surface area contributed by atoms with Gasteiger partial charge in [-0.3, -0.25) is 0 Å². The van der Waals surface area contributed by atoms with Gasteiger partial charge in [0.25, 0.3) is 0 Å². The second-order valence-electron chi connectivity index (χ2n) is 6.32. The van der Waals surface area contributed by atoms with Gasteiger partial charge in [-0.2, -0.15) is 0 Å². The van der Waals surface area contributed by atoms with Crippen LogP contribution in [0, 0.1) is 0 Å². The lowest BCUT2D eigenvalue weighted by Crippen LogP contribution is -2.16. The molecule has 0 unspecified atom stereocenters. The number of nitrogens with zero attached hydrogens (tertiary/aromatic N) is 2. The van der Waals surface area contributed by atoms with Crippen LogP contribution in [0.3, 0.4) is 0 Å². The van der Waals surface area contributed by atoms with E-state index in [0.29, 0.717) is 13.2 Å². The zero-order valence-corrected chi connectivity index (χ0v) is 15.8. The Morgan fingerprint density at radius 1 is 1.00 bits per heavy atom. The summed E-state index contributed by atoms with van der Waals surface area (Å²) in [5.41, 5.74) is 2.33. The zero-order chi connectivity index (χ0) is 18.7. The summed E-state index contributed by atoms with van der Waals surface area (Å²) in [6.45, 7) is 5.87. The minimum absolute atomic E-state index is 0.534. The highest BCUT2D eigenvalue weighted by molar-refractivity contribution is 5.43. The van der Waals surface area contributed by atoms with Crippen LogP contribution in [-0.4, -0.2) is 22.7 Å². The van der Waals surface area contributed by atoms with E-state index in [1.807, 2.05) is 49.9 Å². The van der Waals surface area contributed by atoms with Crippen LogP contribution < -0.4 is 14.8 Å². The van der Waals surface area contributed by atoms with Gasteiger partial charge in [-0.1, -0.05) is 36.4 Å². The Bertz CT molecular complexity index is 789. The SMILES string of the molecule is CCOc1cc(CNCCCn2ccnc2)ccc1OCc1ccccc1. The number of hydrogen-bond acceptors (Lipinski definition) is 4. The number of ether oxygens (including phenoxy) is 2. The van der Waals surface area contributed by atoms with Crippen molar-refractivity contribution in [3.05, 3.63) is 78.4 Å². The second kappa shape index (κ2) is 10.4. The standard InChI is InChI=1S/C22H27N3O2/c1-2-26-22-15-20(16-23-11-6-13-25-14-12-24-18-25)9-10-21(22)27-17-19-7-4-3-5-8-19/h3-5,7-10,12,14-15,18,23H,2,6,11,13,16-17H2,1H3. The summed E-state index contributed by atoms with van der Waals surface area (Å²) < 4.78 is 13.8. The van der Waals surface area contributed by atoms with E-state index < -0.39 is 0 Å². The number of aromatic nitrogens is 2. The average Bonchev–Trinajstić information content (AvgIpc) is 3.22. The van der Waals surface area contributed by atoms with Crippen LogP contribution in [0.15, 0.2) is 67.3 Å². The fraction of sp³-hybridized carbons (Fsp3) is 0.318. The molecule has 0 fully saturated rings. The Balaban J connectivity index is 1.49. The van der Waals surface area contributed by atoms with Crippen LogP contribution in [-0.2, 0) is 19.7 Å². The van der Waals surface area contributed by atoms with Gasteiger partial charge >= 0.3 is 0 Å². The van der Waals surface area contributed by atoms with E-state index in [4.69, 9.17) is 9.47 Å². The van der Waals surface area contributed by atoms with Crippen molar-refractivity contribution in [2.75, 3.05) is 13.2 Å². The molecule has 5 heteroatoms. The van der Waals surface area contributed by atoms with Gasteiger partial charge in [0, 0.05) is 25.5 Å². The van der Waals surface area contributed by atoms with Crippen molar-refractivity contribution < 1.29 is 9.47 Å². The quantitative estimate of drug-likeness (QED) is 0.521. The molecule has 0 aliphatic heterocycles. The van der Waals surface area contributed by atoms with Gasteiger partial charge in [0.2, 0.25) is 0 Å². The maximum atomic E-state index is 5.96. The van der Waals surface area contributed by atoms with Crippen LogP contribution in [0.4, 0.5) is 0 Å². The van der Waals surface area contributed by atoms with Crippen molar-refractivity contribution in [3.63, 3.8) is 0 Å². The highest BCUT2D eigenvalue weighted by Gasteiger charge is 2.07. The van der Waals surface area contributed by atoms with Gasteiger partial charge < -0.3 is 19.4 Å². The molecule has 3 rings (SSSR count). The summed E-state index contributed by atoms with van der Waals surface area (Å²) >= 11 is 0. The Morgan fingerprint density at radius 3 is 2.67 bits per heavy atom. The molecular formula is C22H27N3O2. The summed E-state index contributed by atoms with van der Waals surface area (Å²) in [4.78, 5) is 4.06. The molecule has 0 amide bonds. The van der Waals surface area contributed by atoms with Crippen molar-refractivity contribution >= 4 is 0 Å². The summed E-state index contributed by atoms with van der Waals surface area (Å²) in [5.74, 6) is 1.58. The molecule has 0 bridgehead atoms. The van der Waals surface area contributed by atoms with Crippen molar-refractivity contribution in [3.8, 4) is 11.5 Å². The van der Waals surface area contributed by atoms with Crippen LogP contribution in [0.2, 0.25) is 0 Å². The third-order valence-electron chi connectivity index (χ3n) is 4.20. The third kappa shape index (κ3) is 6.15. The lowest BCUT2D eigenvalue weighted by molar-refractivity contribution is 0.269. The van der Waals surface area contributed by atoms with Crippen LogP contribution in [0.1, 0.15) is 24.5 Å². The maximum Gasteiger partial charge on any atom is 0.161 e. The third-order valence-corrected chi connectivity index (χ3v) is 4.20. The van der Waals surface area contributed by atoms with Gasteiger partial charge in [0.05, 0.1) is 12.9 Å². The van der Waals surface area contributed by atoms with Crippen molar-refractivity contribution in [2.45, 2.75) is 33.0 Å². The van der Waals surface area contributed by atoms with Gasteiger partial charge in [-0.15, -0.1) is 0 Å². The number of imidazole rings is 1. The summed E-state index contributed by atoms with van der Waals surface area (Å²) in [7, 11) is 0. The van der Waals surface area contributed by atoms with E-state index >= 15 is 0 Å². The molecule has 1 heterocycles. The molecule has 1 N–H and O–H groups in total. The molecule has 0 saturated carbocycles. The van der Waals surface area contributed by atoms with Crippen molar-refractivity contribution in [2.24, 2.45) is 0 Å². The highest BCUT2D eigenvalue weighted by Crippen LogP contribution is 2.29. The molecule has 0 aliphatic carbocycles. The van der Waals surface area contributed by atoms with E-state index in [1.54, 1.807) is 0 Å². The molecule has 3 aromatic rings. The van der Waals surface area contributed by atoms with Gasteiger partial charge in [-0.25, -0.2) is 4.98 Å². The predicted octanol–water partition coefficient (Wildman–Crippen LogP) is 4.04. The van der Waals surface area contributed by atoms with Crippen LogP contribution >= 0.6 is 0 Å². The Morgan fingerprint density at radius 2 is 1.89 bits per heavy atom. The number of nitrogens with one attached hydrogen (secondary N) is 1. The first-order valence-corrected chi connectivity index (χ1v) is 9.44. The largest absolute Gasteiger partial charge is 0.490 e. The lowest BCUT2D eigenvalue weighted by atomic mass is 10.2. The molecule has 5 nitrogen and oxygen atoms in total. The number of benzene rings is 2. The van der Waals surface area contributed by atoms with E-state index in [2.05, 4.69) is 39.1 Å². The first kappa shape index (κ1) is 19.0. The molecule has 2 aromatic carbocycles. The molecule has 0 atom stereocenters. The normalized spacial score (nSPS) is 10.7.